The molecule has 12 heteroatoms. The summed E-state index contributed by atoms with van der Waals surface area (Å²) in [4.78, 5) is 18.5. The number of likely N-dealkylation sites (tertiary alicyclic amines) is 1. The van der Waals surface area contributed by atoms with Crippen molar-refractivity contribution in [3.63, 3.8) is 0 Å². The first-order valence-electron chi connectivity index (χ1n) is 12.2. The Balaban J connectivity index is 1.46. The van der Waals surface area contributed by atoms with Gasteiger partial charge in [0, 0.05) is 11.4 Å². The molecule has 3 aromatic rings. The van der Waals surface area contributed by atoms with Crippen LogP contribution in [0.15, 0.2) is 52.2 Å². The van der Waals surface area contributed by atoms with Gasteiger partial charge in [-0.05, 0) is 70.0 Å². The molecule has 202 valence electrons. The molecule has 0 spiro atoms. The van der Waals surface area contributed by atoms with Gasteiger partial charge in [0.15, 0.2) is 5.82 Å². The number of nitrogens with zero attached hydrogens (tertiary/aromatic N) is 3. The average Bonchev–Trinajstić information content (AvgIpc) is 3.43. The summed E-state index contributed by atoms with van der Waals surface area (Å²) >= 11 is 7.60. The number of carbonyl (C=O) groups excluding carboxylic acids is 1. The third kappa shape index (κ3) is 5.12. The number of amides is 1. The van der Waals surface area contributed by atoms with Crippen LogP contribution in [0.2, 0.25) is 5.02 Å². The summed E-state index contributed by atoms with van der Waals surface area (Å²) in [6.07, 6.45) is 0.763. The molecule has 0 saturated carbocycles. The van der Waals surface area contributed by atoms with Crippen LogP contribution in [0, 0.1) is 5.82 Å². The van der Waals surface area contributed by atoms with E-state index in [1.807, 2.05) is 18.2 Å². The van der Waals surface area contributed by atoms with Crippen LogP contribution in [0.4, 0.5) is 20.7 Å². The van der Waals surface area contributed by atoms with Gasteiger partial charge in [-0.25, -0.2) is 22.6 Å². The van der Waals surface area contributed by atoms with Gasteiger partial charge in [0.1, 0.15) is 16.3 Å². The fourth-order valence-corrected chi connectivity index (χ4v) is 7.01. The molecule has 1 aliphatic carbocycles. The molecule has 1 saturated heterocycles. The molecule has 2 atom stereocenters. The number of benzene rings is 2. The lowest BCUT2D eigenvalue weighted by Gasteiger charge is -2.37. The van der Waals surface area contributed by atoms with Crippen LogP contribution < -0.4 is 9.62 Å². The number of hydrogen-bond donors (Lipinski definition) is 1. The maximum Gasteiger partial charge on any atom is 0.430 e. The highest BCUT2D eigenvalue weighted by atomic mass is 35.5. The van der Waals surface area contributed by atoms with Crippen LogP contribution in [0.5, 0.6) is 0 Å². The Labute approximate surface area is 230 Å². The normalized spacial score (nSPS) is 19.5. The number of ether oxygens (including phenoxy) is 1. The second kappa shape index (κ2) is 10.1. The van der Waals surface area contributed by atoms with Crippen LogP contribution in [0.25, 0.3) is 0 Å². The van der Waals surface area contributed by atoms with Gasteiger partial charge in [-0.15, -0.1) is 15.6 Å². The molecule has 2 heterocycles. The smallest absolute Gasteiger partial charge is 0.430 e. The molecule has 2 aromatic carbocycles. The minimum absolute atomic E-state index is 0.0114. The van der Waals surface area contributed by atoms with Gasteiger partial charge >= 0.3 is 6.09 Å². The van der Waals surface area contributed by atoms with Crippen molar-refractivity contribution in [2.45, 2.75) is 56.2 Å². The lowest BCUT2D eigenvalue weighted by atomic mass is 10.0. The van der Waals surface area contributed by atoms with E-state index in [0.29, 0.717) is 4.31 Å². The molecule has 0 bridgehead atoms. The van der Waals surface area contributed by atoms with E-state index < -0.39 is 32.4 Å². The number of thiazole rings is 1. The summed E-state index contributed by atoms with van der Waals surface area (Å²) in [5.74, 6) is -1.24. The molecule has 1 N–H and O–H groups in total. The lowest BCUT2D eigenvalue weighted by Crippen LogP contribution is -2.41. The molecular weight excluding hydrogens is 551 g/mol. The van der Waals surface area contributed by atoms with Crippen molar-refractivity contribution in [2.75, 3.05) is 22.7 Å². The summed E-state index contributed by atoms with van der Waals surface area (Å²) in [6.45, 7) is 6.88. The summed E-state index contributed by atoms with van der Waals surface area (Å²) in [5, 5.41) is 4.69. The first-order valence-corrected chi connectivity index (χ1v) is 15.0. The number of halogens is 2. The Morgan fingerprint density at radius 1 is 1.24 bits per heavy atom. The Hall–Kier alpha value is -2.73. The van der Waals surface area contributed by atoms with Crippen molar-refractivity contribution in [3.8, 4) is 0 Å². The van der Waals surface area contributed by atoms with Crippen LogP contribution in [-0.4, -0.2) is 43.1 Å². The number of sulfonamides is 1. The molecule has 5 rings (SSSR count). The standard InChI is InChI=1S/C26H28ClFN4O4S2/c1-26(2,3)36-25(33)32(24-14-37-15-29-24)38(34,35)23-11-18(27)21(12-19(23)28)30-20-13-22(31-9-6-10-31)17-8-5-4-7-16(17)20/h4-5,7-8,11-12,14-15,20,22,30H,6,9-10,13H2,1-3H3/t20-,22-/m0/s1. The van der Waals surface area contributed by atoms with Gasteiger partial charge < -0.3 is 10.1 Å². The number of aromatic nitrogens is 1. The molecule has 2 aliphatic rings. The van der Waals surface area contributed by atoms with Crippen LogP contribution in [0.3, 0.4) is 0 Å². The predicted octanol–water partition coefficient (Wildman–Crippen LogP) is 6.37. The van der Waals surface area contributed by atoms with Crippen LogP contribution in [0.1, 0.15) is 56.8 Å². The van der Waals surface area contributed by atoms with E-state index in [1.165, 1.54) is 22.9 Å². The van der Waals surface area contributed by atoms with E-state index >= 15 is 4.39 Å². The summed E-state index contributed by atoms with van der Waals surface area (Å²) in [7, 11) is -4.75. The molecule has 1 aliphatic heterocycles. The maximum atomic E-state index is 15.5. The van der Waals surface area contributed by atoms with Gasteiger partial charge in [-0.2, -0.15) is 0 Å². The second-order valence-electron chi connectivity index (χ2n) is 10.3. The fourth-order valence-electron chi connectivity index (χ4n) is 4.79. The fraction of sp³-hybridized carbons (Fsp3) is 0.385. The number of anilines is 2. The molecular formula is C26H28ClFN4O4S2. The molecule has 0 radical (unpaired) electrons. The Morgan fingerprint density at radius 3 is 2.55 bits per heavy atom. The molecule has 0 unspecified atom stereocenters. The van der Waals surface area contributed by atoms with Gasteiger partial charge in [-0.3, -0.25) is 4.90 Å². The van der Waals surface area contributed by atoms with Gasteiger partial charge in [0.05, 0.1) is 22.3 Å². The third-order valence-electron chi connectivity index (χ3n) is 6.58. The molecule has 1 amide bonds. The Morgan fingerprint density at radius 2 is 1.95 bits per heavy atom. The van der Waals surface area contributed by atoms with Gasteiger partial charge in [0.2, 0.25) is 0 Å². The number of fused-ring (bicyclic) bond motifs is 1. The first kappa shape index (κ1) is 26.9. The van der Waals surface area contributed by atoms with E-state index in [9.17, 15) is 13.2 Å². The quantitative estimate of drug-likeness (QED) is 0.363. The molecule has 38 heavy (non-hydrogen) atoms. The Kier molecular flexibility index (Phi) is 7.14. The van der Waals surface area contributed by atoms with E-state index in [1.54, 1.807) is 20.8 Å². The Bertz CT molecular complexity index is 1460. The average molecular weight is 579 g/mol. The largest absolute Gasteiger partial charge is 0.443 e. The second-order valence-corrected chi connectivity index (χ2v) is 13.2. The highest BCUT2D eigenvalue weighted by molar-refractivity contribution is 7.93. The number of rotatable bonds is 6. The predicted molar refractivity (Wildman–Crippen MR) is 146 cm³/mol. The van der Waals surface area contributed by atoms with E-state index in [4.69, 9.17) is 16.3 Å². The molecule has 1 fully saturated rings. The van der Waals surface area contributed by atoms with Crippen molar-refractivity contribution >= 4 is 50.6 Å². The van der Waals surface area contributed by atoms with Crippen molar-refractivity contribution in [1.29, 1.82) is 0 Å². The van der Waals surface area contributed by atoms with E-state index in [2.05, 4.69) is 21.3 Å². The molecule has 1 aromatic heterocycles. The summed E-state index contributed by atoms with van der Waals surface area (Å²) < 4.78 is 48.3. The number of carbonyl (C=O) groups is 1. The minimum Gasteiger partial charge on any atom is -0.443 e. The summed E-state index contributed by atoms with van der Waals surface area (Å²) in [5.41, 5.74) is 2.99. The zero-order valence-corrected chi connectivity index (χ0v) is 23.5. The first-order chi connectivity index (χ1) is 18.0. The zero-order valence-electron chi connectivity index (χ0n) is 21.1. The van der Waals surface area contributed by atoms with Crippen molar-refractivity contribution in [1.82, 2.24) is 9.88 Å². The topological polar surface area (TPSA) is 91.8 Å². The van der Waals surface area contributed by atoms with Gasteiger partial charge in [0.25, 0.3) is 10.0 Å². The van der Waals surface area contributed by atoms with Crippen molar-refractivity contribution in [2.24, 2.45) is 0 Å². The van der Waals surface area contributed by atoms with Crippen molar-refractivity contribution in [3.05, 3.63) is 69.3 Å². The highest BCUT2D eigenvalue weighted by Crippen LogP contribution is 2.46. The number of hydrogen-bond acceptors (Lipinski definition) is 8. The third-order valence-corrected chi connectivity index (χ3v) is 9.15. The van der Waals surface area contributed by atoms with Gasteiger partial charge in [-0.1, -0.05) is 35.9 Å². The van der Waals surface area contributed by atoms with Crippen molar-refractivity contribution < 1.29 is 22.3 Å². The zero-order chi connectivity index (χ0) is 27.2. The van der Waals surface area contributed by atoms with Crippen LogP contribution in [-0.2, 0) is 14.8 Å². The minimum atomic E-state index is -4.75. The summed E-state index contributed by atoms with van der Waals surface area (Å²) in [6, 6.07) is 10.4. The van der Waals surface area contributed by atoms with E-state index in [0.717, 1.165) is 48.5 Å². The van der Waals surface area contributed by atoms with E-state index in [-0.39, 0.29) is 28.6 Å². The lowest BCUT2D eigenvalue weighted by molar-refractivity contribution is 0.0608. The van der Waals surface area contributed by atoms with Crippen LogP contribution >= 0.6 is 22.9 Å². The highest BCUT2D eigenvalue weighted by Gasteiger charge is 2.39. The maximum absolute atomic E-state index is 15.5. The SMILES string of the molecule is CC(C)(C)OC(=O)N(c1cscn1)S(=O)(=O)c1cc(Cl)c(N[C@H]2C[C@H](N3CCC3)c3ccccc32)cc1F. The monoisotopic (exact) mass is 578 g/mol. The number of nitrogens with one attached hydrogen (secondary N) is 1. The molecule has 8 nitrogen and oxygen atoms in total.